The molecule has 2 rings (SSSR count). The van der Waals surface area contributed by atoms with Crippen LogP contribution >= 0.6 is 23.2 Å². The average molecular weight is 331 g/mol. The monoisotopic (exact) mass is 330 g/mol. The summed E-state index contributed by atoms with van der Waals surface area (Å²) >= 11 is 11.6. The Bertz CT molecular complexity index is 633. The first-order chi connectivity index (χ1) is 10.1. The first-order valence-electron chi connectivity index (χ1n) is 6.01. The molecule has 9 heteroatoms. The predicted octanol–water partition coefficient (Wildman–Crippen LogP) is 2.53. The van der Waals surface area contributed by atoms with Crippen LogP contribution in [-0.4, -0.2) is 34.3 Å². The van der Waals surface area contributed by atoms with Crippen molar-refractivity contribution < 1.29 is 14.3 Å². The molecular formula is C12H12Cl2N4O3. The van der Waals surface area contributed by atoms with Gasteiger partial charge in [0.2, 0.25) is 5.95 Å². The summed E-state index contributed by atoms with van der Waals surface area (Å²) in [5.41, 5.74) is 0. The van der Waals surface area contributed by atoms with E-state index in [1.165, 1.54) is 6.07 Å². The SMILES string of the molecule is CCOc1n[nH]c(NC(=O)COc2ccc(Cl)c(Cl)c2)n1. The Balaban J connectivity index is 1.85. The molecule has 0 aliphatic rings. The predicted molar refractivity (Wildman–Crippen MR) is 78.1 cm³/mol. The van der Waals surface area contributed by atoms with Crippen LogP contribution in [0.15, 0.2) is 18.2 Å². The Morgan fingerprint density at radius 3 is 2.86 bits per heavy atom. The minimum absolute atomic E-state index is 0.165. The van der Waals surface area contributed by atoms with Crippen molar-refractivity contribution in [2.75, 3.05) is 18.5 Å². The topological polar surface area (TPSA) is 89.1 Å². The fourth-order valence-electron chi connectivity index (χ4n) is 1.38. The van der Waals surface area contributed by atoms with E-state index in [0.717, 1.165) is 0 Å². The Labute approximate surface area is 130 Å². The molecule has 0 saturated carbocycles. The molecule has 0 saturated heterocycles. The maximum atomic E-state index is 11.7. The zero-order valence-electron chi connectivity index (χ0n) is 11.0. The average Bonchev–Trinajstić information content (AvgIpc) is 2.88. The van der Waals surface area contributed by atoms with Gasteiger partial charge in [0.15, 0.2) is 6.61 Å². The van der Waals surface area contributed by atoms with E-state index in [0.29, 0.717) is 22.4 Å². The summed E-state index contributed by atoms with van der Waals surface area (Å²) < 4.78 is 10.3. The number of halogens is 2. The Hall–Kier alpha value is -1.99. The Morgan fingerprint density at radius 2 is 2.14 bits per heavy atom. The lowest BCUT2D eigenvalue weighted by Gasteiger charge is -2.06. The molecule has 1 heterocycles. The van der Waals surface area contributed by atoms with Gasteiger partial charge in [0.25, 0.3) is 5.91 Å². The van der Waals surface area contributed by atoms with E-state index in [4.69, 9.17) is 32.7 Å². The van der Waals surface area contributed by atoms with E-state index in [1.54, 1.807) is 19.1 Å². The lowest BCUT2D eigenvalue weighted by atomic mass is 10.3. The molecule has 1 aromatic heterocycles. The third kappa shape index (κ3) is 4.51. The van der Waals surface area contributed by atoms with Gasteiger partial charge in [0.05, 0.1) is 16.7 Å². The van der Waals surface area contributed by atoms with Crippen molar-refractivity contribution in [1.82, 2.24) is 15.2 Å². The lowest BCUT2D eigenvalue weighted by molar-refractivity contribution is -0.118. The van der Waals surface area contributed by atoms with Gasteiger partial charge in [-0.1, -0.05) is 23.2 Å². The van der Waals surface area contributed by atoms with Crippen molar-refractivity contribution in [3.05, 3.63) is 28.2 Å². The maximum absolute atomic E-state index is 11.7. The molecular weight excluding hydrogens is 319 g/mol. The highest BCUT2D eigenvalue weighted by atomic mass is 35.5. The van der Waals surface area contributed by atoms with Gasteiger partial charge in [-0.05, 0) is 19.1 Å². The van der Waals surface area contributed by atoms with Gasteiger partial charge in [-0.15, -0.1) is 5.10 Å². The van der Waals surface area contributed by atoms with Crippen LogP contribution in [0.4, 0.5) is 5.95 Å². The smallest absolute Gasteiger partial charge is 0.337 e. The number of nitrogens with one attached hydrogen (secondary N) is 2. The number of hydrogen-bond donors (Lipinski definition) is 2. The van der Waals surface area contributed by atoms with Crippen molar-refractivity contribution >= 4 is 35.1 Å². The van der Waals surface area contributed by atoms with Crippen molar-refractivity contribution in [2.45, 2.75) is 6.92 Å². The minimum Gasteiger partial charge on any atom is -0.484 e. The second kappa shape index (κ2) is 7.14. The number of carbonyl (C=O) groups excluding carboxylic acids is 1. The second-order valence-electron chi connectivity index (χ2n) is 3.81. The number of anilines is 1. The summed E-state index contributed by atoms with van der Waals surface area (Å²) in [4.78, 5) is 15.6. The summed E-state index contributed by atoms with van der Waals surface area (Å²) in [7, 11) is 0. The molecule has 1 amide bonds. The van der Waals surface area contributed by atoms with Gasteiger partial charge < -0.3 is 9.47 Å². The third-order valence-corrected chi connectivity index (χ3v) is 3.00. The number of aromatic nitrogens is 3. The van der Waals surface area contributed by atoms with Gasteiger partial charge in [-0.2, -0.15) is 4.98 Å². The zero-order chi connectivity index (χ0) is 15.2. The van der Waals surface area contributed by atoms with Gasteiger partial charge >= 0.3 is 6.01 Å². The van der Waals surface area contributed by atoms with Crippen LogP contribution in [0.25, 0.3) is 0 Å². The molecule has 0 aliphatic carbocycles. The van der Waals surface area contributed by atoms with E-state index in [1.807, 2.05) is 0 Å². The van der Waals surface area contributed by atoms with Crippen molar-refractivity contribution in [1.29, 1.82) is 0 Å². The standard InChI is InChI=1S/C12H12Cl2N4O3/c1-2-20-12-16-11(17-18-12)15-10(19)6-21-7-3-4-8(13)9(14)5-7/h3-5H,2,6H2,1H3,(H2,15,16,17,18,19). The highest BCUT2D eigenvalue weighted by Gasteiger charge is 2.09. The molecule has 7 nitrogen and oxygen atoms in total. The van der Waals surface area contributed by atoms with Gasteiger partial charge in [0, 0.05) is 6.07 Å². The molecule has 112 valence electrons. The van der Waals surface area contributed by atoms with E-state index in [9.17, 15) is 4.79 Å². The number of hydrogen-bond acceptors (Lipinski definition) is 5. The van der Waals surface area contributed by atoms with E-state index in [-0.39, 0.29) is 18.6 Å². The van der Waals surface area contributed by atoms with Crippen LogP contribution in [0.1, 0.15) is 6.92 Å². The van der Waals surface area contributed by atoms with Crippen LogP contribution in [0, 0.1) is 0 Å². The van der Waals surface area contributed by atoms with E-state index in [2.05, 4.69) is 20.5 Å². The highest BCUT2D eigenvalue weighted by Crippen LogP contribution is 2.26. The molecule has 0 atom stereocenters. The molecule has 21 heavy (non-hydrogen) atoms. The fourth-order valence-corrected chi connectivity index (χ4v) is 1.67. The van der Waals surface area contributed by atoms with Gasteiger partial charge in [-0.25, -0.2) is 5.10 Å². The van der Waals surface area contributed by atoms with Crippen molar-refractivity contribution in [3.63, 3.8) is 0 Å². The number of nitrogens with zero attached hydrogens (tertiary/aromatic N) is 2. The van der Waals surface area contributed by atoms with Crippen LogP contribution in [-0.2, 0) is 4.79 Å². The summed E-state index contributed by atoms with van der Waals surface area (Å²) in [5, 5.41) is 9.53. The molecule has 0 bridgehead atoms. The Morgan fingerprint density at radius 1 is 1.33 bits per heavy atom. The molecule has 2 N–H and O–H groups in total. The minimum atomic E-state index is -0.403. The van der Waals surface area contributed by atoms with E-state index >= 15 is 0 Å². The summed E-state index contributed by atoms with van der Waals surface area (Å²) in [5.74, 6) is 0.216. The first-order valence-corrected chi connectivity index (χ1v) is 6.77. The normalized spacial score (nSPS) is 10.2. The lowest BCUT2D eigenvalue weighted by Crippen LogP contribution is -2.20. The second-order valence-corrected chi connectivity index (χ2v) is 4.63. The number of benzene rings is 1. The van der Waals surface area contributed by atoms with Gasteiger partial charge in [-0.3, -0.25) is 10.1 Å². The van der Waals surface area contributed by atoms with Crippen LogP contribution < -0.4 is 14.8 Å². The third-order valence-electron chi connectivity index (χ3n) is 2.26. The van der Waals surface area contributed by atoms with E-state index < -0.39 is 5.91 Å². The number of amides is 1. The molecule has 0 aliphatic heterocycles. The van der Waals surface area contributed by atoms with Crippen LogP contribution in [0.5, 0.6) is 11.8 Å². The number of H-pyrrole nitrogens is 1. The summed E-state index contributed by atoms with van der Waals surface area (Å²) in [6.07, 6.45) is 0. The number of aromatic amines is 1. The molecule has 0 radical (unpaired) electrons. The number of ether oxygens (including phenoxy) is 2. The van der Waals surface area contributed by atoms with Crippen molar-refractivity contribution in [3.8, 4) is 11.8 Å². The van der Waals surface area contributed by atoms with Gasteiger partial charge in [0.1, 0.15) is 5.75 Å². The van der Waals surface area contributed by atoms with Crippen molar-refractivity contribution in [2.24, 2.45) is 0 Å². The molecule has 1 aromatic carbocycles. The molecule has 2 aromatic rings. The molecule has 0 fully saturated rings. The van der Waals surface area contributed by atoms with Crippen LogP contribution in [0.2, 0.25) is 10.0 Å². The largest absolute Gasteiger partial charge is 0.484 e. The summed E-state index contributed by atoms with van der Waals surface area (Å²) in [6.45, 7) is 2.04. The first kappa shape index (κ1) is 15.4. The Kier molecular flexibility index (Phi) is 5.24. The number of carbonyl (C=O) groups is 1. The van der Waals surface area contributed by atoms with Crippen LogP contribution in [0.3, 0.4) is 0 Å². The number of rotatable bonds is 6. The molecule has 0 spiro atoms. The maximum Gasteiger partial charge on any atom is 0.337 e. The highest BCUT2D eigenvalue weighted by molar-refractivity contribution is 6.42. The fraction of sp³-hybridized carbons (Fsp3) is 0.250. The molecule has 0 unspecified atom stereocenters. The quantitative estimate of drug-likeness (QED) is 0.849. The zero-order valence-corrected chi connectivity index (χ0v) is 12.5. The summed E-state index contributed by atoms with van der Waals surface area (Å²) in [6, 6.07) is 4.89.